The summed E-state index contributed by atoms with van der Waals surface area (Å²) >= 11 is 8.71. The number of nitrogens with zero attached hydrogens (tertiary/aromatic N) is 1. The van der Waals surface area contributed by atoms with Crippen LogP contribution in [0.1, 0.15) is 18.9 Å². The molecule has 0 unspecified atom stereocenters. The van der Waals surface area contributed by atoms with E-state index in [9.17, 15) is 21.6 Å². The van der Waals surface area contributed by atoms with Crippen molar-refractivity contribution in [3.63, 3.8) is 0 Å². The second kappa shape index (κ2) is 7.30. The summed E-state index contributed by atoms with van der Waals surface area (Å²) in [7, 11) is -4.23. The maximum atomic E-state index is 12.6. The first-order valence-electron chi connectivity index (χ1n) is 6.03. The fourth-order valence-corrected chi connectivity index (χ4v) is 4.48. The minimum absolute atomic E-state index is 0.181. The van der Waals surface area contributed by atoms with Gasteiger partial charge in [0.05, 0.1) is 4.90 Å². The van der Waals surface area contributed by atoms with Crippen molar-refractivity contribution in [2.75, 3.05) is 13.1 Å². The smallest absolute Gasteiger partial charge is 0.207 e. The number of alkyl halides is 4. The Labute approximate surface area is 135 Å². The van der Waals surface area contributed by atoms with Gasteiger partial charge in [0.2, 0.25) is 10.0 Å². The van der Waals surface area contributed by atoms with Crippen molar-refractivity contribution >= 4 is 37.6 Å². The van der Waals surface area contributed by atoms with E-state index < -0.39 is 22.7 Å². The molecule has 0 heterocycles. The minimum Gasteiger partial charge on any atom is -0.207 e. The van der Waals surface area contributed by atoms with Crippen molar-refractivity contribution in [2.24, 2.45) is 0 Å². The van der Waals surface area contributed by atoms with E-state index in [1.54, 1.807) is 6.92 Å². The highest BCUT2D eigenvalue weighted by atomic mass is 79.9. The molecule has 0 fully saturated rings. The molecule has 120 valence electrons. The number of halogens is 5. The summed E-state index contributed by atoms with van der Waals surface area (Å²) in [5.74, 6) is 0.181. The molecule has 9 heteroatoms. The van der Waals surface area contributed by atoms with E-state index in [-0.39, 0.29) is 28.2 Å². The molecule has 21 heavy (non-hydrogen) atoms. The van der Waals surface area contributed by atoms with Crippen molar-refractivity contribution in [3.05, 3.63) is 28.2 Å². The number of rotatable bonds is 6. The van der Waals surface area contributed by atoms with Crippen LogP contribution in [0.15, 0.2) is 27.6 Å². The fourth-order valence-electron chi connectivity index (χ4n) is 1.71. The monoisotopic (exact) mass is 407 g/mol. The van der Waals surface area contributed by atoms with E-state index in [0.29, 0.717) is 9.87 Å². The molecule has 0 radical (unpaired) electrons. The van der Waals surface area contributed by atoms with Crippen molar-refractivity contribution < 1.29 is 21.6 Å². The van der Waals surface area contributed by atoms with Crippen molar-refractivity contribution in [1.29, 1.82) is 0 Å². The minimum atomic E-state index is -4.59. The summed E-state index contributed by atoms with van der Waals surface area (Å²) in [4.78, 5) is -0.200. The van der Waals surface area contributed by atoms with Gasteiger partial charge in [-0.1, -0.05) is 13.0 Å². The fraction of sp³-hybridized carbons (Fsp3) is 0.500. The lowest BCUT2D eigenvalue weighted by Crippen LogP contribution is -2.39. The van der Waals surface area contributed by atoms with Gasteiger partial charge < -0.3 is 0 Å². The third-order valence-electron chi connectivity index (χ3n) is 2.60. The average molecular weight is 409 g/mol. The van der Waals surface area contributed by atoms with E-state index in [2.05, 4.69) is 15.9 Å². The molecule has 3 nitrogen and oxygen atoms in total. The van der Waals surface area contributed by atoms with Gasteiger partial charge >= 0.3 is 6.18 Å². The van der Waals surface area contributed by atoms with Crippen LogP contribution in [0.25, 0.3) is 0 Å². The van der Waals surface area contributed by atoms with Gasteiger partial charge in [-0.2, -0.15) is 17.5 Å². The zero-order chi connectivity index (χ0) is 16.3. The van der Waals surface area contributed by atoms with E-state index in [0.717, 1.165) is 0 Å². The van der Waals surface area contributed by atoms with E-state index in [4.69, 9.17) is 11.6 Å². The third kappa shape index (κ3) is 5.12. The Morgan fingerprint density at radius 1 is 1.33 bits per heavy atom. The molecule has 0 aliphatic heterocycles. The van der Waals surface area contributed by atoms with Crippen LogP contribution in [0.3, 0.4) is 0 Å². The van der Waals surface area contributed by atoms with Gasteiger partial charge in [0.25, 0.3) is 0 Å². The summed E-state index contributed by atoms with van der Waals surface area (Å²) in [6, 6.07) is 4.22. The van der Waals surface area contributed by atoms with Crippen molar-refractivity contribution in [2.45, 2.75) is 30.3 Å². The first-order chi connectivity index (χ1) is 9.61. The molecule has 0 aliphatic carbocycles. The van der Waals surface area contributed by atoms with Gasteiger partial charge in [0.15, 0.2) is 0 Å². The quantitative estimate of drug-likeness (QED) is 0.663. The Kier molecular flexibility index (Phi) is 6.52. The first kappa shape index (κ1) is 18.7. The molecule has 0 aromatic heterocycles. The van der Waals surface area contributed by atoms with Gasteiger partial charge in [-0.05, 0) is 40.0 Å². The second-order valence-corrected chi connectivity index (χ2v) is 7.38. The molecular weight excluding hydrogens is 395 g/mol. The van der Waals surface area contributed by atoms with Crippen LogP contribution < -0.4 is 0 Å². The molecule has 1 aromatic carbocycles. The highest BCUT2D eigenvalue weighted by Crippen LogP contribution is 2.29. The standard InChI is InChI=1S/C12H14BrClF3NO2S/c1-2-5-18(8-12(15,16)17)21(19,20)11-4-3-9(7-14)6-10(11)13/h3-4,6H,2,5,7-8H2,1H3. The molecule has 0 saturated heterocycles. The van der Waals surface area contributed by atoms with E-state index in [1.165, 1.54) is 18.2 Å². The van der Waals surface area contributed by atoms with Gasteiger partial charge in [-0.3, -0.25) is 0 Å². The topological polar surface area (TPSA) is 37.4 Å². The number of sulfonamides is 1. The molecule has 0 atom stereocenters. The summed E-state index contributed by atoms with van der Waals surface area (Å²) < 4.78 is 63.1. The lowest BCUT2D eigenvalue weighted by molar-refractivity contribution is -0.136. The molecule has 0 amide bonds. The second-order valence-electron chi connectivity index (χ2n) is 4.35. The van der Waals surface area contributed by atoms with Crippen LogP contribution in [-0.4, -0.2) is 32.0 Å². The SMILES string of the molecule is CCCN(CC(F)(F)F)S(=O)(=O)c1ccc(CCl)cc1Br. The molecule has 1 aromatic rings. The summed E-state index contributed by atoms with van der Waals surface area (Å²) in [6.45, 7) is -0.0943. The van der Waals surface area contributed by atoms with E-state index >= 15 is 0 Å². The van der Waals surface area contributed by atoms with Gasteiger partial charge in [-0.25, -0.2) is 8.42 Å². The predicted molar refractivity (Wildman–Crippen MR) is 78.8 cm³/mol. The van der Waals surface area contributed by atoms with Gasteiger partial charge in [0.1, 0.15) is 6.54 Å². The predicted octanol–water partition coefficient (Wildman–Crippen LogP) is 4.15. The number of benzene rings is 1. The molecule has 0 saturated carbocycles. The largest absolute Gasteiger partial charge is 0.402 e. The molecular formula is C12H14BrClF3NO2S. The normalized spacial score (nSPS) is 12.9. The maximum Gasteiger partial charge on any atom is 0.402 e. The van der Waals surface area contributed by atoms with Crippen LogP contribution >= 0.6 is 27.5 Å². The third-order valence-corrected chi connectivity index (χ3v) is 5.73. The Morgan fingerprint density at radius 2 is 1.95 bits per heavy atom. The van der Waals surface area contributed by atoms with Crippen molar-refractivity contribution in [3.8, 4) is 0 Å². The Morgan fingerprint density at radius 3 is 2.38 bits per heavy atom. The molecule has 1 rings (SSSR count). The number of hydrogen-bond donors (Lipinski definition) is 0. The Balaban J connectivity index is 3.22. The summed E-state index contributed by atoms with van der Waals surface area (Å²) in [5, 5.41) is 0. The zero-order valence-corrected chi connectivity index (χ0v) is 14.3. The van der Waals surface area contributed by atoms with Crippen LogP contribution in [0.4, 0.5) is 13.2 Å². The highest BCUT2D eigenvalue weighted by molar-refractivity contribution is 9.10. The zero-order valence-electron chi connectivity index (χ0n) is 11.1. The lowest BCUT2D eigenvalue weighted by atomic mass is 10.2. The lowest BCUT2D eigenvalue weighted by Gasteiger charge is -2.23. The molecule has 0 spiro atoms. The van der Waals surface area contributed by atoms with Gasteiger partial charge in [0, 0.05) is 16.9 Å². The maximum absolute atomic E-state index is 12.6. The van der Waals surface area contributed by atoms with Crippen LogP contribution in [-0.2, 0) is 15.9 Å². The van der Waals surface area contributed by atoms with Crippen LogP contribution in [0, 0.1) is 0 Å². The Bertz CT molecular complexity index is 593. The van der Waals surface area contributed by atoms with Gasteiger partial charge in [-0.15, -0.1) is 11.6 Å². The molecule has 0 bridgehead atoms. The first-order valence-corrected chi connectivity index (χ1v) is 8.80. The summed E-state index contributed by atoms with van der Waals surface area (Å²) in [5.41, 5.74) is 0.667. The molecule has 0 aliphatic rings. The Hall–Kier alpha value is -0.310. The van der Waals surface area contributed by atoms with Crippen LogP contribution in [0.2, 0.25) is 0 Å². The van der Waals surface area contributed by atoms with Crippen LogP contribution in [0.5, 0.6) is 0 Å². The molecule has 0 N–H and O–H groups in total. The van der Waals surface area contributed by atoms with E-state index in [1.807, 2.05) is 0 Å². The number of hydrogen-bond acceptors (Lipinski definition) is 2. The highest BCUT2D eigenvalue weighted by Gasteiger charge is 2.37. The van der Waals surface area contributed by atoms with Crippen molar-refractivity contribution in [1.82, 2.24) is 4.31 Å². The summed E-state index contributed by atoms with van der Waals surface area (Å²) in [6.07, 6.45) is -4.31. The average Bonchev–Trinajstić information content (AvgIpc) is 2.36.